The number of rotatable bonds is 9. The van der Waals surface area contributed by atoms with Crippen LogP contribution in [0.25, 0.3) is 43.9 Å². The molecule has 0 saturated carbocycles. The summed E-state index contributed by atoms with van der Waals surface area (Å²) in [5.74, 6) is 0.547. The van der Waals surface area contributed by atoms with Gasteiger partial charge < -0.3 is 9.22 Å². The van der Waals surface area contributed by atoms with Crippen molar-refractivity contribution >= 4 is 54.3 Å². The van der Waals surface area contributed by atoms with E-state index in [9.17, 15) is 9.90 Å². The number of carbonyl (C=O) groups excluding carboxylic acids is 1. The van der Waals surface area contributed by atoms with Gasteiger partial charge in [0.2, 0.25) is 16.6 Å². The number of benzene rings is 4. The van der Waals surface area contributed by atoms with Crippen LogP contribution in [0.3, 0.4) is 0 Å². The van der Waals surface area contributed by atoms with Gasteiger partial charge in [0.15, 0.2) is 5.78 Å². The normalized spacial score (nSPS) is 14.9. The molecule has 5 aromatic rings. The van der Waals surface area contributed by atoms with Gasteiger partial charge in [0, 0.05) is 49.9 Å². The summed E-state index contributed by atoms with van der Waals surface area (Å²) in [6.07, 6.45) is 6.84. The van der Waals surface area contributed by atoms with E-state index < -0.39 is 16.6 Å². The summed E-state index contributed by atoms with van der Waals surface area (Å²) >= 11 is 0. The van der Waals surface area contributed by atoms with Crippen LogP contribution in [0, 0.1) is 17.9 Å². The smallest absolute Gasteiger partial charge is 0.206 e. The molecule has 0 aliphatic carbocycles. The molecule has 0 atom stereocenters. The molecular weight excluding hydrogens is 863 g/mol. The molecule has 7 heteroatoms. The van der Waals surface area contributed by atoms with Crippen molar-refractivity contribution in [3.8, 4) is 22.4 Å². The Hall–Kier alpha value is -3.20. The molecule has 0 unspecified atom stereocenters. The molecule has 1 radical (unpaired) electrons. The summed E-state index contributed by atoms with van der Waals surface area (Å²) in [7, 11) is -3.66. The maximum absolute atomic E-state index is 11.7. The van der Waals surface area contributed by atoms with Crippen LogP contribution in [0.5, 0.6) is 0 Å². The monoisotopic (exact) mass is 921 g/mol. The van der Waals surface area contributed by atoms with Crippen LogP contribution in [0.4, 0.5) is 0 Å². The molecule has 4 nitrogen and oxygen atoms in total. The summed E-state index contributed by atoms with van der Waals surface area (Å²) in [4.78, 5) is 16.6. The molecule has 4 aromatic carbocycles. The third-order valence-electron chi connectivity index (χ3n) is 10.8. The number of aliphatic hydroxyl groups is 1. The predicted octanol–water partition coefficient (Wildman–Crippen LogP) is 11.5. The number of hydrogen-bond acceptors (Lipinski definition) is 4. The van der Waals surface area contributed by atoms with Gasteiger partial charge in [-0.1, -0.05) is 108 Å². The molecule has 0 saturated heterocycles. The van der Waals surface area contributed by atoms with Crippen molar-refractivity contribution in [1.29, 1.82) is 0 Å². The number of ketones is 1. The SMILES string of the molecule is CC(C)(C)c1cc(-c2nccc3cc(-c4ccc5c(c4)[Si](C)(C)O[Si]5(C)C)ccc23)[c-]c2ccccc12.CCC(CC)C(=O)/C=C(\O)C(CC)CC.[Ir]. The molecule has 0 bridgehead atoms. The number of aliphatic hydroxyl groups excluding tert-OH is 1. The molecule has 6 rings (SSSR count). The van der Waals surface area contributed by atoms with E-state index in [0.29, 0.717) is 0 Å². The van der Waals surface area contributed by atoms with Gasteiger partial charge in [0.1, 0.15) is 0 Å². The second-order valence-corrected chi connectivity index (χ2v) is 24.3. The minimum Gasteiger partial charge on any atom is -0.512 e. The Morgan fingerprint density at radius 1 is 0.792 bits per heavy atom. The van der Waals surface area contributed by atoms with E-state index >= 15 is 0 Å². The summed E-state index contributed by atoms with van der Waals surface area (Å²) in [6, 6.07) is 30.4. The van der Waals surface area contributed by atoms with Crippen molar-refractivity contribution < 1.29 is 34.1 Å². The first-order chi connectivity index (χ1) is 24.5. The Balaban J connectivity index is 0.000000335. The summed E-state index contributed by atoms with van der Waals surface area (Å²) in [5.41, 5.74) is 5.89. The quantitative estimate of drug-likeness (QED) is 0.0693. The molecule has 283 valence electrons. The standard InChI is InChI=1S/C33H34NOSi2.C13H24O2.Ir/c1-33(2,3)29-20-26(19-24-10-8-9-11-27(24)29)32-28-14-12-22(18-25(28)16-17-34-32)23-13-15-30-31(21-23)37(6,7)35-36(30,4)5;1-5-10(6-2)12(14)9-13(15)11(7-3)8-4;/h8-18,20-21H,1-7H3;9-11,14H,5-8H2,1-4H3;/q-1;;/b;12-9-;. The van der Waals surface area contributed by atoms with Crippen LogP contribution in [0.2, 0.25) is 26.2 Å². The fourth-order valence-corrected chi connectivity index (χ4v) is 18.1. The summed E-state index contributed by atoms with van der Waals surface area (Å²) in [5, 5.41) is 17.5. The van der Waals surface area contributed by atoms with E-state index in [2.05, 4.69) is 126 Å². The largest absolute Gasteiger partial charge is 0.512 e. The van der Waals surface area contributed by atoms with Gasteiger partial charge >= 0.3 is 0 Å². The Kier molecular flexibility index (Phi) is 13.7. The van der Waals surface area contributed by atoms with Crippen molar-refractivity contribution in [2.75, 3.05) is 0 Å². The van der Waals surface area contributed by atoms with E-state index in [-0.39, 0.29) is 48.9 Å². The third-order valence-corrected chi connectivity index (χ3v) is 18.6. The van der Waals surface area contributed by atoms with Crippen molar-refractivity contribution in [2.45, 2.75) is 106 Å². The maximum Gasteiger partial charge on any atom is 0.206 e. The van der Waals surface area contributed by atoms with Gasteiger partial charge in [-0.05, 0) is 102 Å². The Bertz CT molecular complexity index is 2110. The predicted molar refractivity (Wildman–Crippen MR) is 227 cm³/mol. The first-order valence-corrected chi connectivity index (χ1v) is 25.0. The number of allylic oxidation sites excluding steroid dienone is 2. The van der Waals surface area contributed by atoms with Gasteiger partial charge in [-0.2, -0.15) is 0 Å². The van der Waals surface area contributed by atoms with Crippen molar-refractivity contribution in [1.82, 2.24) is 4.98 Å². The molecule has 1 aliphatic rings. The third kappa shape index (κ3) is 9.20. The molecule has 1 N–H and O–H groups in total. The Labute approximate surface area is 334 Å². The first kappa shape index (κ1) is 42.5. The summed E-state index contributed by atoms with van der Waals surface area (Å²) < 4.78 is 6.66. The van der Waals surface area contributed by atoms with E-state index in [1.54, 1.807) is 0 Å². The van der Waals surface area contributed by atoms with Gasteiger partial charge in [0.05, 0.1) is 5.76 Å². The number of fused-ring (bicyclic) bond motifs is 3. The average Bonchev–Trinajstić information content (AvgIpc) is 3.30. The topological polar surface area (TPSA) is 59.4 Å². The molecule has 0 fully saturated rings. The molecule has 1 aromatic heterocycles. The zero-order valence-corrected chi connectivity index (χ0v) is 38.0. The van der Waals surface area contributed by atoms with Gasteiger partial charge in [-0.3, -0.25) is 9.78 Å². The fraction of sp³-hybridized carbons (Fsp3) is 0.391. The second-order valence-electron chi connectivity index (χ2n) is 16.4. The number of carbonyl (C=O) groups is 1. The number of nitrogens with zero attached hydrogens (tertiary/aromatic N) is 1. The summed E-state index contributed by atoms with van der Waals surface area (Å²) in [6.45, 7) is 24.2. The fourth-order valence-electron chi connectivity index (χ4n) is 7.82. The average molecular weight is 921 g/mol. The van der Waals surface area contributed by atoms with Crippen LogP contribution in [0.15, 0.2) is 90.8 Å². The van der Waals surface area contributed by atoms with Crippen LogP contribution in [0.1, 0.15) is 79.7 Å². The van der Waals surface area contributed by atoms with Crippen molar-refractivity contribution in [2.24, 2.45) is 11.8 Å². The molecule has 53 heavy (non-hydrogen) atoms. The number of aromatic nitrogens is 1. The minimum absolute atomic E-state index is 0. The Morgan fingerprint density at radius 2 is 1.40 bits per heavy atom. The van der Waals surface area contributed by atoms with Gasteiger partial charge in [-0.25, -0.2) is 0 Å². The zero-order chi connectivity index (χ0) is 38.0. The Morgan fingerprint density at radius 3 is 2.04 bits per heavy atom. The molecule has 0 amide bonds. The number of pyridine rings is 1. The van der Waals surface area contributed by atoms with E-state index in [1.807, 2.05) is 33.9 Å². The van der Waals surface area contributed by atoms with E-state index in [1.165, 1.54) is 43.9 Å². The van der Waals surface area contributed by atoms with E-state index in [4.69, 9.17) is 9.10 Å². The van der Waals surface area contributed by atoms with Crippen LogP contribution < -0.4 is 10.4 Å². The maximum atomic E-state index is 11.7. The zero-order valence-electron chi connectivity index (χ0n) is 33.6. The van der Waals surface area contributed by atoms with Crippen molar-refractivity contribution in [3.63, 3.8) is 0 Å². The minimum atomic E-state index is -1.86. The van der Waals surface area contributed by atoms with Crippen LogP contribution in [-0.2, 0) is 34.4 Å². The first-order valence-electron chi connectivity index (χ1n) is 19.2. The second kappa shape index (κ2) is 17.1. The van der Waals surface area contributed by atoms with Crippen molar-refractivity contribution in [3.05, 3.63) is 102 Å². The van der Waals surface area contributed by atoms with Crippen LogP contribution >= 0.6 is 0 Å². The van der Waals surface area contributed by atoms with Gasteiger partial charge in [-0.15, -0.1) is 29.1 Å². The molecule has 2 heterocycles. The molecular formula is C46H58IrNO3Si2-. The number of hydrogen-bond donors (Lipinski definition) is 1. The van der Waals surface area contributed by atoms with Crippen LogP contribution in [-0.4, -0.2) is 32.5 Å². The molecule has 0 spiro atoms. The van der Waals surface area contributed by atoms with E-state index in [0.717, 1.165) is 47.7 Å². The molecule has 1 aliphatic heterocycles. The van der Waals surface area contributed by atoms with Gasteiger partial charge in [0.25, 0.3) is 0 Å².